The molecule has 0 saturated heterocycles. The lowest BCUT2D eigenvalue weighted by Gasteiger charge is -2.14. The Morgan fingerprint density at radius 1 is 1.47 bits per heavy atom. The number of hydrogen-bond acceptors (Lipinski definition) is 4. The summed E-state index contributed by atoms with van der Waals surface area (Å²) in [5.74, 6) is 0.458. The quantitative estimate of drug-likeness (QED) is 0.864. The van der Waals surface area contributed by atoms with Crippen molar-refractivity contribution in [2.45, 2.75) is 19.4 Å². The van der Waals surface area contributed by atoms with Gasteiger partial charge < -0.3 is 15.2 Å². The molecule has 0 aliphatic rings. The summed E-state index contributed by atoms with van der Waals surface area (Å²) in [6.45, 7) is 1.82. The third kappa shape index (κ3) is 2.76. The number of carboxylic acid groups (broad SMARTS) is 1. The minimum absolute atomic E-state index is 0.490. The number of pyridine rings is 1. The Balaban J connectivity index is 2.41. The van der Waals surface area contributed by atoms with Gasteiger partial charge >= 0.3 is 5.97 Å². The molecule has 1 aromatic heterocycles. The van der Waals surface area contributed by atoms with Crippen LogP contribution in [0.3, 0.4) is 0 Å². The first-order valence-corrected chi connectivity index (χ1v) is 6.07. The summed E-state index contributed by atoms with van der Waals surface area (Å²) in [5, 5.41) is 13.9. The molecular formula is C14H16N2O3. The topological polar surface area (TPSA) is 71.5 Å². The first kappa shape index (κ1) is 13.1. The summed E-state index contributed by atoms with van der Waals surface area (Å²) in [7, 11) is 1.61. The highest BCUT2D eigenvalue weighted by atomic mass is 16.5. The van der Waals surface area contributed by atoms with Crippen LogP contribution in [-0.4, -0.2) is 29.2 Å². The number of carboxylic acids is 1. The molecule has 5 nitrogen and oxygen atoms in total. The van der Waals surface area contributed by atoms with E-state index in [1.807, 2.05) is 31.2 Å². The monoisotopic (exact) mass is 260 g/mol. The van der Waals surface area contributed by atoms with E-state index in [4.69, 9.17) is 9.84 Å². The van der Waals surface area contributed by atoms with Gasteiger partial charge in [-0.25, -0.2) is 9.78 Å². The van der Waals surface area contributed by atoms with Crippen LogP contribution < -0.4 is 10.1 Å². The number of aliphatic carboxylic acids is 1. The van der Waals surface area contributed by atoms with E-state index in [0.717, 1.165) is 16.5 Å². The van der Waals surface area contributed by atoms with E-state index in [-0.39, 0.29) is 0 Å². The van der Waals surface area contributed by atoms with E-state index in [0.29, 0.717) is 12.2 Å². The number of nitrogens with zero attached hydrogens (tertiary/aromatic N) is 1. The van der Waals surface area contributed by atoms with Crippen molar-refractivity contribution >= 4 is 22.6 Å². The third-order valence-corrected chi connectivity index (χ3v) is 2.99. The molecular weight excluding hydrogens is 244 g/mol. The fourth-order valence-corrected chi connectivity index (χ4v) is 1.90. The first-order valence-electron chi connectivity index (χ1n) is 6.07. The van der Waals surface area contributed by atoms with E-state index >= 15 is 0 Å². The summed E-state index contributed by atoms with van der Waals surface area (Å²) in [5.41, 5.74) is 0. The third-order valence-electron chi connectivity index (χ3n) is 2.99. The number of hydrogen-bond donors (Lipinski definition) is 2. The van der Waals surface area contributed by atoms with Crippen LogP contribution in [0, 0.1) is 0 Å². The van der Waals surface area contributed by atoms with Gasteiger partial charge in [0.05, 0.1) is 7.11 Å². The van der Waals surface area contributed by atoms with E-state index in [1.54, 1.807) is 13.3 Å². The largest absolute Gasteiger partial charge is 0.497 e. The second-order valence-corrected chi connectivity index (χ2v) is 4.19. The second-order valence-electron chi connectivity index (χ2n) is 4.19. The molecule has 2 rings (SSSR count). The van der Waals surface area contributed by atoms with Gasteiger partial charge in [-0.15, -0.1) is 0 Å². The molecule has 1 atom stereocenters. The second kappa shape index (κ2) is 5.56. The Labute approximate surface area is 111 Å². The molecule has 1 aromatic carbocycles. The van der Waals surface area contributed by atoms with Gasteiger partial charge in [0.1, 0.15) is 17.6 Å². The first-order chi connectivity index (χ1) is 9.15. The fraction of sp³-hybridized carbons (Fsp3) is 0.286. The molecule has 2 N–H and O–H groups in total. The van der Waals surface area contributed by atoms with Gasteiger partial charge in [0.2, 0.25) is 0 Å². The zero-order valence-corrected chi connectivity index (χ0v) is 10.9. The van der Waals surface area contributed by atoms with Gasteiger partial charge in [0.15, 0.2) is 0 Å². The Morgan fingerprint density at radius 3 is 2.89 bits per heavy atom. The van der Waals surface area contributed by atoms with Crippen LogP contribution in [-0.2, 0) is 4.79 Å². The van der Waals surface area contributed by atoms with Crippen LogP contribution in [0.15, 0.2) is 30.5 Å². The molecule has 100 valence electrons. The van der Waals surface area contributed by atoms with E-state index < -0.39 is 12.0 Å². The van der Waals surface area contributed by atoms with Gasteiger partial charge in [-0.05, 0) is 36.1 Å². The van der Waals surface area contributed by atoms with Crippen molar-refractivity contribution in [1.29, 1.82) is 0 Å². The van der Waals surface area contributed by atoms with Gasteiger partial charge in [-0.2, -0.15) is 0 Å². The number of rotatable bonds is 5. The number of aromatic nitrogens is 1. The summed E-state index contributed by atoms with van der Waals surface area (Å²) >= 11 is 0. The van der Waals surface area contributed by atoms with Crippen molar-refractivity contribution in [2.75, 3.05) is 12.4 Å². The number of benzene rings is 1. The van der Waals surface area contributed by atoms with E-state index in [1.165, 1.54) is 0 Å². The predicted molar refractivity (Wildman–Crippen MR) is 73.6 cm³/mol. The highest BCUT2D eigenvalue weighted by Crippen LogP contribution is 2.25. The smallest absolute Gasteiger partial charge is 0.326 e. The number of ether oxygens (including phenoxy) is 1. The van der Waals surface area contributed by atoms with Crippen LogP contribution >= 0.6 is 0 Å². The van der Waals surface area contributed by atoms with Gasteiger partial charge in [0, 0.05) is 11.6 Å². The lowest BCUT2D eigenvalue weighted by Crippen LogP contribution is -2.28. The number of methoxy groups -OCH3 is 1. The fourth-order valence-electron chi connectivity index (χ4n) is 1.90. The Bertz CT molecular complexity index is 598. The number of anilines is 1. The number of nitrogens with one attached hydrogen (secondary N) is 1. The van der Waals surface area contributed by atoms with Crippen molar-refractivity contribution in [3.63, 3.8) is 0 Å². The Kier molecular flexibility index (Phi) is 3.85. The summed E-state index contributed by atoms with van der Waals surface area (Å²) in [6.07, 6.45) is 2.14. The Hall–Kier alpha value is -2.30. The molecule has 0 bridgehead atoms. The van der Waals surface area contributed by atoms with Gasteiger partial charge in [0.25, 0.3) is 0 Å². The van der Waals surface area contributed by atoms with Crippen LogP contribution in [0.5, 0.6) is 5.75 Å². The standard InChI is InChI=1S/C14H16N2O3/c1-3-12(14(17)18)16-13-11-5-4-10(19-2)8-9(11)6-7-15-13/h4-8,12H,3H2,1-2H3,(H,15,16)(H,17,18). The average Bonchev–Trinajstić information content (AvgIpc) is 2.43. The van der Waals surface area contributed by atoms with Crippen LogP contribution in [0.25, 0.3) is 10.8 Å². The summed E-state index contributed by atoms with van der Waals surface area (Å²) in [4.78, 5) is 15.3. The normalized spacial score (nSPS) is 12.1. The molecule has 0 aliphatic heterocycles. The Morgan fingerprint density at radius 2 is 2.26 bits per heavy atom. The molecule has 0 aliphatic carbocycles. The SMILES string of the molecule is CCC(Nc1nccc2cc(OC)ccc12)C(=O)O. The lowest BCUT2D eigenvalue weighted by molar-refractivity contribution is -0.137. The van der Waals surface area contributed by atoms with Crippen molar-refractivity contribution in [1.82, 2.24) is 4.98 Å². The molecule has 2 aromatic rings. The minimum Gasteiger partial charge on any atom is -0.497 e. The maximum atomic E-state index is 11.1. The zero-order chi connectivity index (χ0) is 13.8. The molecule has 0 saturated carbocycles. The van der Waals surface area contributed by atoms with Crippen LogP contribution in [0.4, 0.5) is 5.82 Å². The van der Waals surface area contributed by atoms with Gasteiger partial charge in [-0.1, -0.05) is 6.92 Å². The average molecular weight is 260 g/mol. The number of fused-ring (bicyclic) bond motifs is 1. The molecule has 1 heterocycles. The lowest BCUT2D eigenvalue weighted by atomic mass is 10.1. The van der Waals surface area contributed by atoms with Crippen molar-refractivity contribution in [3.8, 4) is 5.75 Å². The molecule has 0 fully saturated rings. The van der Waals surface area contributed by atoms with E-state index in [2.05, 4.69) is 10.3 Å². The zero-order valence-electron chi connectivity index (χ0n) is 10.9. The maximum absolute atomic E-state index is 11.1. The van der Waals surface area contributed by atoms with Crippen molar-refractivity contribution < 1.29 is 14.6 Å². The summed E-state index contributed by atoms with van der Waals surface area (Å²) < 4.78 is 5.17. The highest BCUT2D eigenvalue weighted by molar-refractivity contribution is 5.93. The highest BCUT2D eigenvalue weighted by Gasteiger charge is 2.16. The van der Waals surface area contributed by atoms with Crippen molar-refractivity contribution in [2.24, 2.45) is 0 Å². The van der Waals surface area contributed by atoms with Crippen LogP contribution in [0.1, 0.15) is 13.3 Å². The molecule has 0 spiro atoms. The van der Waals surface area contributed by atoms with E-state index in [9.17, 15) is 4.79 Å². The number of carbonyl (C=O) groups is 1. The summed E-state index contributed by atoms with van der Waals surface area (Å²) in [6, 6.07) is 6.82. The molecule has 1 unspecified atom stereocenters. The van der Waals surface area contributed by atoms with Crippen LogP contribution in [0.2, 0.25) is 0 Å². The molecule has 0 radical (unpaired) electrons. The molecule has 0 amide bonds. The molecule has 5 heteroatoms. The van der Waals surface area contributed by atoms with Crippen molar-refractivity contribution in [3.05, 3.63) is 30.5 Å². The predicted octanol–water partition coefficient (Wildman–Crippen LogP) is 2.52. The molecule has 19 heavy (non-hydrogen) atoms. The van der Waals surface area contributed by atoms with Gasteiger partial charge in [-0.3, -0.25) is 0 Å². The minimum atomic E-state index is -0.880. The maximum Gasteiger partial charge on any atom is 0.326 e.